The Bertz CT molecular complexity index is 4490. The van der Waals surface area contributed by atoms with E-state index in [1.165, 1.54) is 0 Å². The molecule has 5 heterocycles. The predicted octanol–water partition coefficient (Wildman–Crippen LogP) is 15.0. The molecular weight excluding hydrogens is 783 g/mol. The van der Waals surface area contributed by atoms with Crippen LogP contribution in [0.2, 0.25) is 0 Å². The van der Waals surface area contributed by atoms with E-state index in [9.17, 15) is 5.48 Å². The highest BCUT2D eigenvalue weighted by atomic mass is 16.3. The molecule has 9 aromatic carbocycles. The number of para-hydroxylation sites is 7. The molecule has 0 N–H and O–H groups in total. The second-order valence-corrected chi connectivity index (χ2v) is 15.9. The second kappa shape index (κ2) is 13.4. The summed E-state index contributed by atoms with van der Waals surface area (Å²) in [7, 11) is 0. The molecule has 0 atom stereocenters. The number of fused-ring (bicyclic) bond motifs is 12. The summed E-state index contributed by atoms with van der Waals surface area (Å²) in [6.45, 7) is 0. The maximum atomic E-state index is 9.45. The molecule has 298 valence electrons. The van der Waals surface area contributed by atoms with E-state index in [0.717, 1.165) is 60.6 Å². The van der Waals surface area contributed by atoms with E-state index in [4.69, 9.17) is 19.9 Å². The molecule has 0 saturated heterocycles. The van der Waals surface area contributed by atoms with Gasteiger partial charge in [0, 0.05) is 54.7 Å². The third-order valence-electron chi connectivity index (χ3n) is 12.5. The summed E-state index contributed by atoms with van der Waals surface area (Å²) in [5, 5.41) is 5.82. The summed E-state index contributed by atoms with van der Waals surface area (Å²) in [5.74, 6) is 0.335. The molecule has 0 amide bonds. The number of aromatic nitrogens is 5. The zero-order valence-corrected chi connectivity index (χ0v) is 33.7. The Morgan fingerprint density at radius 2 is 0.922 bits per heavy atom. The van der Waals surface area contributed by atoms with Crippen LogP contribution in [0.4, 0.5) is 0 Å². The van der Waals surface area contributed by atoms with Gasteiger partial charge in [-0.25, -0.2) is 4.98 Å². The molecule has 0 bridgehead atoms. The summed E-state index contributed by atoms with van der Waals surface area (Å²) in [6, 6.07) is 51.0. The second-order valence-electron chi connectivity index (χ2n) is 15.9. The van der Waals surface area contributed by atoms with Gasteiger partial charge in [-0.2, -0.15) is 4.98 Å². The number of hydrogen-bond acceptors (Lipinski definition) is 3. The number of rotatable bonds is 5. The van der Waals surface area contributed by atoms with Crippen LogP contribution in [0.1, 0.15) is 11.0 Å². The molecule has 0 radical (unpaired) electrons. The fraction of sp³-hybridized carbons (Fsp3) is 0. The van der Waals surface area contributed by atoms with Gasteiger partial charge in [-0.15, -0.1) is 0 Å². The molecule has 0 saturated carbocycles. The predicted molar refractivity (Wildman–Crippen MR) is 263 cm³/mol. The van der Waals surface area contributed by atoms with Gasteiger partial charge in [-0.3, -0.25) is 9.13 Å². The normalized spacial score (nSPS) is 13.8. The summed E-state index contributed by atoms with van der Waals surface area (Å²) >= 11 is 0. The van der Waals surface area contributed by atoms with Gasteiger partial charge in [0.15, 0.2) is 0 Å². The first-order valence-electron chi connectivity index (χ1n) is 25.0. The van der Waals surface area contributed by atoms with Crippen molar-refractivity contribution in [3.05, 3.63) is 212 Å². The molecule has 0 fully saturated rings. The van der Waals surface area contributed by atoms with Crippen LogP contribution in [-0.4, -0.2) is 23.7 Å². The number of benzene rings is 9. The maximum Gasteiger partial charge on any atom is 0.237 e. The van der Waals surface area contributed by atoms with Crippen LogP contribution in [0.3, 0.4) is 0 Å². The molecule has 64 heavy (non-hydrogen) atoms. The van der Waals surface area contributed by atoms with Crippen LogP contribution in [0, 0.1) is 0 Å². The highest BCUT2D eigenvalue weighted by molar-refractivity contribution is 6.13. The van der Waals surface area contributed by atoms with E-state index in [2.05, 4.69) is 47.0 Å². The minimum absolute atomic E-state index is 0.0738. The number of furan rings is 1. The van der Waals surface area contributed by atoms with Gasteiger partial charge in [-0.05, 0) is 71.7 Å². The Labute approximate surface area is 377 Å². The van der Waals surface area contributed by atoms with Crippen molar-refractivity contribution in [3.8, 4) is 39.8 Å². The summed E-state index contributed by atoms with van der Waals surface area (Å²) < 4.78 is 84.7. The third-order valence-corrected chi connectivity index (χ3v) is 12.5. The van der Waals surface area contributed by atoms with E-state index < -0.39 is 12.1 Å². The van der Waals surface area contributed by atoms with Gasteiger partial charge in [0.05, 0.1) is 55.4 Å². The minimum atomic E-state index is -0.410. The standard InChI is InChI=1S/C58H35N5O/c1-8-24-47-38(16-1)39-17-2-9-25-48(39)61(47)53-30-15-23-37(36-32-33-55-45(34-36)44-22-7-14-31-54(44)64-55)57(53)46-35-56(62-49-26-10-3-18-40(49)41-19-4-11-27-50(41)62)60-58(59-46)63-51-28-12-5-20-42(51)43-21-6-13-29-52(43)63/h1-35H/i3D,5D,10D,12D,18D,20D,26D,28D. The van der Waals surface area contributed by atoms with E-state index in [1.54, 1.807) is 9.13 Å². The van der Waals surface area contributed by atoms with E-state index >= 15 is 0 Å². The van der Waals surface area contributed by atoms with Gasteiger partial charge in [0.2, 0.25) is 5.95 Å². The largest absolute Gasteiger partial charge is 0.456 e. The Balaban J connectivity index is 1.19. The smallest absolute Gasteiger partial charge is 0.237 e. The quantitative estimate of drug-likeness (QED) is 0.174. The Morgan fingerprint density at radius 3 is 1.59 bits per heavy atom. The minimum Gasteiger partial charge on any atom is -0.456 e. The SMILES string of the molecule is [2H]c1c([2H])c([2H])c2c(c1[2H])c1ccccc1n2-c1cc(-c2c(-c3ccc4oc5ccccc5c4c3)cccc2-n2c3ccccc3c3ccccc32)nc(-n2c3ccccc3c3c([2H])c([2H])c([2H])c([2H])c32)n1. The maximum absolute atomic E-state index is 9.45. The lowest BCUT2D eigenvalue weighted by molar-refractivity contribution is 0.669. The lowest BCUT2D eigenvalue weighted by Crippen LogP contribution is -2.09. The van der Waals surface area contributed by atoms with Crippen LogP contribution in [0.15, 0.2) is 217 Å². The Kier molecular flexibility index (Phi) is 5.85. The van der Waals surface area contributed by atoms with Gasteiger partial charge in [-0.1, -0.05) is 145 Å². The summed E-state index contributed by atoms with van der Waals surface area (Å²) in [6.07, 6.45) is 0. The Morgan fingerprint density at radius 1 is 0.391 bits per heavy atom. The van der Waals surface area contributed by atoms with Crippen molar-refractivity contribution in [2.24, 2.45) is 0 Å². The van der Waals surface area contributed by atoms with Crippen LogP contribution in [0.5, 0.6) is 0 Å². The highest BCUT2D eigenvalue weighted by Crippen LogP contribution is 2.44. The van der Waals surface area contributed by atoms with Crippen molar-refractivity contribution in [2.45, 2.75) is 0 Å². The van der Waals surface area contributed by atoms with Crippen LogP contribution >= 0.6 is 0 Å². The first-order valence-corrected chi connectivity index (χ1v) is 21.0. The fourth-order valence-corrected chi connectivity index (χ4v) is 9.86. The van der Waals surface area contributed by atoms with Crippen molar-refractivity contribution in [2.75, 3.05) is 0 Å². The molecule has 5 aromatic heterocycles. The van der Waals surface area contributed by atoms with Crippen LogP contribution in [0.25, 0.3) is 127 Å². The molecule has 0 spiro atoms. The Hall–Kier alpha value is -8.74. The lowest BCUT2D eigenvalue weighted by Gasteiger charge is -2.20. The van der Waals surface area contributed by atoms with Crippen molar-refractivity contribution >= 4 is 87.4 Å². The van der Waals surface area contributed by atoms with Gasteiger partial charge in [0.25, 0.3) is 0 Å². The zero-order chi connectivity index (χ0) is 48.8. The van der Waals surface area contributed by atoms with Crippen molar-refractivity contribution in [3.63, 3.8) is 0 Å². The molecule has 14 aromatic rings. The van der Waals surface area contributed by atoms with Crippen LogP contribution in [-0.2, 0) is 0 Å². The summed E-state index contributed by atoms with van der Waals surface area (Å²) in [5.41, 5.74) is 8.52. The van der Waals surface area contributed by atoms with Crippen molar-refractivity contribution < 1.29 is 15.4 Å². The molecule has 0 aliphatic heterocycles. The van der Waals surface area contributed by atoms with Crippen molar-refractivity contribution in [1.29, 1.82) is 0 Å². The van der Waals surface area contributed by atoms with Crippen molar-refractivity contribution in [1.82, 2.24) is 23.7 Å². The topological polar surface area (TPSA) is 53.7 Å². The van der Waals surface area contributed by atoms with Gasteiger partial charge >= 0.3 is 0 Å². The average Bonchev–Trinajstić information content (AvgIpc) is 4.17. The number of nitrogens with zero attached hydrogens (tertiary/aromatic N) is 5. The fourth-order valence-electron chi connectivity index (χ4n) is 9.86. The first-order chi connectivity index (χ1) is 35.1. The first kappa shape index (κ1) is 28.0. The van der Waals surface area contributed by atoms with Gasteiger partial charge in [0.1, 0.15) is 17.0 Å². The molecule has 14 rings (SSSR count). The molecule has 0 aliphatic rings. The molecule has 0 unspecified atom stereocenters. The van der Waals surface area contributed by atoms with E-state index in [0.29, 0.717) is 43.8 Å². The van der Waals surface area contributed by atoms with Crippen LogP contribution < -0.4 is 0 Å². The monoisotopic (exact) mass is 825 g/mol. The lowest BCUT2D eigenvalue weighted by atomic mass is 9.94. The molecular formula is C58H35N5O. The average molecular weight is 826 g/mol. The molecule has 0 aliphatic carbocycles. The number of hydrogen-bond donors (Lipinski definition) is 0. The highest BCUT2D eigenvalue weighted by Gasteiger charge is 2.24. The van der Waals surface area contributed by atoms with E-state index in [1.807, 2.05) is 121 Å². The molecule has 6 heteroatoms. The van der Waals surface area contributed by atoms with E-state index in [-0.39, 0.29) is 59.1 Å². The van der Waals surface area contributed by atoms with Gasteiger partial charge < -0.3 is 8.98 Å². The third kappa shape index (κ3) is 4.96. The molecule has 6 nitrogen and oxygen atoms in total. The summed E-state index contributed by atoms with van der Waals surface area (Å²) in [4.78, 5) is 10.9. The zero-order valence-electron chi connectivity index (χ0n) is 41.7.